The second-order valence-electron chi connectivity index (χ2n) is 6.34. The van der Waals surface area contributed by atoms with Crippen molar-refractivity contribution in [2.75, 3.05) is 24.5 Å². The molecule has 0 amide bonds. The van der Waals surface area contributed by atoms with Crippen LogP contribution in [0.5, 0.6) is 0 Å². The topological polar surface area (TPSA) is 37.4 Å². The molecule has 2 rings (SSSR count). The molecule has 4 nitrogen and oxygen atoms in total. The minimum absolute atomic E-state index is 0.207. The Morgan fingerprint density at radius 3 is 2.62 bits per heavy atom. The zero-order chi connectivity index (χ0) is 15.4. The molecule has 0 spiro atoms. The smallest absolute Gasteiger partial charge is 0.147 e. The highest BCUT2D eigenvalue weighted by Gasteiger charge is 2.24. The number of aromatic nitrogens is 1. The monoisotopic (exact) mass is 311 g/mol. The highest BCUT2D eigenvalue weighted by Crippen LogP contribution is 2.26. The summed E-state index contributed by atoms with van der Waals surface area (Å²) in [6, 6.07) is 2.02. The Morgan fingerprint density at radius 2 is 2.05 bits per heavy atom. The Kier molecular flexibility index (Phi) is 5.85. The van der Waals surface area contributed by atoms with E-state index in [1.54, 1.807) is 0 Å². The van der Waals surface area contributed by atoms with Gasteiger partial charge in [0.25, 0.3) is 0 Å². The first-order valence-corrected chi connectivity index (χ1v) is 8.09. The van der Waals surface area contributed by atoms with E-state index >= 15 is 0 Å². The van der Waals surface area contributed by atoms with Gasteiger partial charge in [0.2, 0.25) is 0 Å². The van der Waals surface area contributed by atoms with E-state index in [-0.39, 0.29) is 12.2 Å². The van der Waals surface area contributed by atoms with Crippen molar-refractivity contribution in [3.8, 4) is 0 Å². The van der Waals surface area contributed by atoms with Crippen LogP contribution < -0.4 is 10.2 Å². The Balaban J connectivity index is 2.01. The zero-order valence-corrected chi connectivity index (χ0v) is 14.2. The van der Waals surface area contributed by atoms with Gasteiger partial charge in [-0.1, -0.05) is 25.4 Å². The molecule has 118 valence electrons. The van der Waals surface area contributed by atoms with Crippen LogP contribution in [-0.4, -0.2) is 36.8 Å². The van der Waals surface area contributed by atoms with Gasteiger partial charge in [-0.25, -0.2) is 4.98 Å². The molecule has 0 bridgehead atoms. The maximum atomic E-state index is 6.43. The van der Waals surface area contributed by atoms with Crippen molar-refractivity contribution in [3.63, 3.8) is 0 Å². The average Bonchev–Trinajstić information content (AvgIpc) is 2.37. The zero-order valence-electron chi connectivity index (χ0n) is 13.4. The van der Waals surface area contributed by atoms with Gasteiger partial charge in [0.15, 0.2) is 0 Å². The minimum atomic E-state index is 0.207. The van der Waals surface area contributed by atoms with Crippen molar-refractivity contribution in [2.45, 2.75) is 46.4 Å². The summed E-state index contributed by atoms with van der Waals surface area (Å²) in [5.41, 5.74) is 1.12. The average molecular weight is 312 g/mol. The van der Waals surface area contributed by atoms with Gasteiger partial charge in [-0.2, -0.15) is 0 Å². The molecule has 1 N–H and O–H groups in total. The number of rotatable bonds is 5. The number of ether oxygens (including phenoxy) is 1. The van der Waals surface area contributed by atoms with Crippen LogP contribution in [0.4, 0.5) is 5.82 Å². The van der Waals surface area contributed by atoms with Crippen LogP contribution in [0.1, 0.15) is 33.3 Å². The molecule has 1 fully saturated rings. The van der Waals surface area contributed by atoms with Gasteiger partial charge in [0, 0.05) is 25.8 Å². The largest absolute Gasteiger partial charge is 0.372 e. The van der Waals surface area contributed by atoms with Gasteiger partial charge in [0.05, 0.1) is 17.2 Å². The third-order valence-electron chi connectivity index (χ3n) is 3.48. The number of morpholine rings is 1. The van der Waals surface area contributed by atoms with Crippen molar-refractivity contribution in [1.29, 1.82) is 0 Å². The molecule has 0 unspecified atom stereocenters. The molecular weight excluding hydrogens is 286 g/mol. The van der Waals surface area contributed by atoms with Gasteiger partial charge < -0.3 is 15.0 Å². The van der Waals surface area contributed by atoms with E-state index in [1.807, 2.05) is 12.3 Å². The van der Waals surface area contributed by atoms with Crippen LogP contribution in [0.3, 0.4) is 0 Å². The summed E-state index contributed by atoms with van der Waals surface area (Å²) < 4.78 is 5.75. The van der Waals surface area contributed by atoms with E-state index in [9.17, 15) is 0 Å². The molecule has 1 saturated heterocycles. The van der Waals surface area contributed by atoms with E-state index in [1.165, 1.54) is 0 Å². The molecule has 1 aliphatic rings. The number of hydrogen-bond acceptors (Lipinski definition) is 4. The molecule has 1 aliphatic heterocycles. The van der Waals surface area contributed by atoms with Crippen molar-refractivity contribution < 1.29 is 4.74 Å². The molecule has 0 aromatic carbocycles. The second-order valence-corrected chi connectivity index (χ2v) is 6.74. The minimum Gasteiger partial charge on any atom is -0.372 e. The Labute approximate surface area is 132 Å². The Hall–Kier alpha value is -0.840. The predicted molar refractivity (Wildman–Crippen MR) is 88.0 cm³/mol. The van der Waals surface area contributed by atoms with E-state index in [2.05, 4.69) is 42.9 Å². The first-order valence-electron chi connectivity index (χ1n) is 7.71. The van der Waals surface area contributed by atoms with Crippen LogP contribution in [0.15, 0.2) is 12.3 Å². The van der Waals surface area contributed by atoms with E-state index in [4.69, 9.17) is 16.3 Å². The summed E-state index contributed by atoms with van der Waals surface area (Å²) >= 11 is 6.43. The van der Waals surface area contributed by atoms with Crippen LogP contribution in [-0.2, 0) is 11.3 Å². The molecule has 1 aromatic heterocycles. The van der Waals surface area contributed by atoms with Crippen LogP contribution in [0, 0.1) is 5.92 Å². The maximum absolute atomic E-state index is 6.43. The summed E-state index contributed by atoms with van der Waals surface area (Å²) in [7, 11) is 0. The molecule has 1 aromatic rings. The lowest BCUT2D eigenvalue weighted by atomic mass is 10.2. The summed E-state index contributed by atoms with van der Waals surface area (Å²) in [6.07, 6.45) is 2.33. The van der Waals surface area contributed by atoms with Gasteiger partial charge in [-0.15, -0.1) is 0 Å². The summed E-state index contributed by atoms with van der Waals surface area (Å²) in [4.78, 5) is 6.78. The predicted octanol–water partition coefficient (Wildman–Crippen LogP) is 3.09. The van der Waals surface area contributed by atoms with Crippen LogP contribution in [0.25, 0.3) is 0 Å². The van der Waals surface area contributed by atoms with E-state index in [0.29, 0.717) is 5.92 Å². The molecule has 2 atom stereocenters. The molecule has 21 heavy (non-hydrogen) atoms. The van der Waals surface area contributed by atoms with Crippen molar-refractivity contribution >= 4 is 17.4 Å². The summed E-state index contributed by atoms with van der Waals surface area (Å²) in [5.74, 6) is 1.51. The first kappa shape index (κ1) is 16.5. The van der Waals surface area contributed by atoms with Gasteiger partial charge in [-0.3, -0.25) is 0 Å². The van der Waals surface area contributed by atoms with E-state index in [0.717, 1.165) is 42.6 Å². The van der Waals surface area contributed by atoms with Gasteiger partial charge >= 0.3 is 0 Å². The normalized spacial score (nSPS) is 22.9. The van der Waals surface area contributed by atoms with Crippen LogP contribution >= 0.6 is 11.6 Å². The third kappa shape index (κ3) is 4.83. The number of nitrogens with zero attached hydrogens (tertiary/aromatic N) is 2. The summed E-state index contributed by atoms with van der Waals surface area (Å²) in [5, 5.41) is 4.13. The molecule has 0 aliphatic carbocycles. The van der Waals surface area contributed by atoms with Crippen LogP contribution in [0.2, 0.25) is 5.02 Å². The second kappa shape index (κ2) is 7.43. The fourth-order valence-electron chi connectivity index (χ4n) is 2.66. The molecule has 5 heteroatoms. The third-order valence-corrected chi connectivity index (χ3v) is 3.76. The Bertz CT molecular complexity index is 457. The molecule has 0 radical (unpaired) electrons. The number of nitrogens with one attached hydrogen (secondary N) is 1. The number of halogens is 1. The lowest BCUT2D eigenvalue weighted by Gasteiger charge is -2.36. The number of pyridine rings is 1. The molecule has 0 saturated carbocycles. The fourth-order valence-corrected chi connectivity index (χ4v) is 2.96. The van der Waals surface area contributed by atoms with Crippen molar-refractivity contribution in [1.82, 2.24) is 10.3 Å². The quantitative estimate of drug-likeness (QED) is 0.906. The van der Waals surface area contributed by atoms with Crippen molar-refractivity contribution in [3.05, 3.63) is 22.8 Å². The summed E-state index contributed by atoms with van der Waals surface area (Å²) in [6.45, 7) is 12.0. The molecule has 2 heterocycles. The van der Waals surface area contributed by atoms with E-state index < -0.39 is 0 Å². The lowest BCUT2D eigenvalue weighted by Crippen LogP contribution is -2.46. The highest BCUT2D eigenvalue weighted by atomic mass is 35.5. The lowest BCUT2D eigenvalue weighted by molar-refractivity contribution is -0.00545. The standard InChI is InChI=1S/C16H26ClN3O/c1-11(2)6-18-7-14-5-15(17)16(19-8-14)20-9-12(3)21-13(4)10-20/h5,8,11-13,18H,6-7,9-10H2,1-4H3/t12-,13+. The number of hydrogen-bond donors (Lipinski definition) is 1. The van der Waals surface area contributed by atoms with Crippen molar-refractivity contribution in [2.24, 2.45) is 5.92 Å². The fraction of sp³-hybridized carbons (Fsp3) is 0.688. The Morgan fingerprint density at radius 1 is 1.38 bits per heavy atom. The van der Waals surface area contributed by atoms with Gasteiger partial charge in [-0.05, 0) is 37.9 Å². The number of anilines is 1. The maximum Gasteiger partial charge on any atom is 0.147 e. The van der Waals surface area contributed by atoms with Gasteiger partial charge in [0.1, 0.15) is 5.82 Å². The molecular formula is C16H26ClN3O. The first-order chi connectivity index (χ1) is 9.95. The SMILES string of the molecule is CC(C)CNCc1cnc(N2C[C@@H](C)O[C@@H](C)C2)c(Cl)c1. The highest BCUT2D eigenvalue weighted by molar-refractivity contribution is 6.33.